The van der Waals surface area contributed by atoms with Gasteiger partial charge < -0.3 is 19.9 Å². The van der Waals surface area contributed by atoms with E-state index in [4.69, 9.17) is 4.74 Å². The maximum Gasteiger partial charge on any atom is 0.259 e. The normalized spacial score (nSPS) is 11.1. The van der Waals surface area contributed by atoms with E-state index >= 15 is 0 Å². The molecule has 0 saturated heterocycles. The van der Waals surface area contributed by atoms with Gasteiger partial charge in [0.15, 0.2) is 12.6 Å². The summed E-state index contributed by atoms with van der Waals surface area (Å²) in [4.78, 5) is 19.6. The van der Waals surface area contributed by atoms with Gasteiger partial charge in [0.2, 0.25) is 0 Å². The molecule has 28 heavy (non-hydrogen) atoms. The predicted octanol–water partition coefficient (Wildman–Crippen LogP) is 3.12. The summed E-state index contributed by atoms with van der Waals surface area (Å²) < 4.78 is 6.64. The quantitative estimate of drug-likeness (QED) is 0.524. The Bertz CT molecular complexity index is 806. The van der Waals surface area contributed by atoms with Crippen molar-refractivity contribution in [2.45, 2.75) is 13.1 Å². The van der Waals surface area contributed by atoms with Crippen molar-refractivity contribution >= 4 is 27.8 Å². The molecule has 0 heterocycles. The van der Waals surface area contributed by atoms with E-state index in [0.29, 0.717) is 12.3 Å². The highest BCUT2D eigenvalue weighted by Crippen LogP contribution is 2.14. The predicted molar refractivity (Wildman–Crippen MR) is 116 cm³/mol. The molecule has 0 spiro atoms. The second-order valence-electron chi connectivity index (χ2n) is 6.61. The van der Waals surface area contributed by atoms with Crippen LogP contribution >= 0.6 is 15.9 Å². The Morgan fingerprint density at radius 2 is 1.82 bits per heavy atom. The Labute approximate surface area is 175 Å². The van der Waals surface area contributed by atoms with Crippen LogP contribution in [0.5, 0.6) is 5.75 Å². The topological polar surface area (TPSA) is 57.2 Å². The molecule has 150 valence electrons. The summed E-state index contributed by atoms with van der Waals surface area (Å²) >= 11 is 3.46. The molecule has 0 atom stereocenters. The zero-order valence-electron chi connectivity index (χ0n) is 16.8. The van der Waals surface area contributed by atoms with Crippen LogP contribution in [0.25, 0.3) is 0 Å². The van der Waals surface area contributed by atoms with Crippen molar-refractivity contribution in [3.05, 3.63) is 64.1 Å². The number of likely N-dealkylation sites (N-methyl/N-ethyl adjacent to an activating group) is 1. The van der Waals surface area contributed by atoms with E-state index in [9.17, 15) is 4.79 Å². The number of nitrogens with zero attached hydrogens (tertiary/aromatic N) is 3. The van der Waals surface area contributed by atoms with Crippen molar-refractivity contribution in [1.29, 1.82) is 0 Å². The highest BCUT2D eigenvalue weighted by Gasteiger charge is 2.08. The minimum atomic E-state index is -0.0708. The van der Waals surface area contributed by atoms with Crippen LogP contribution in [0.15, 0.2) is 58.0 Å². The zero-order chi connectivity index (χ0) is 20.5. The van der Waals surface area contributed by atoms with Crippen LogP contribution in [0.3, 0.4) is 0 Å². The van der Waals surface area contributed by atoms with E-state index in [-0.39, 0.29) is 12.5 Å². The van der Waals surface area contributed by atoms with Gasteiger partial charge in [0.25, 0.3) is 5.91 Å². The summed E-state index contributed by atoms with van der Waals surface area (Å²) in [5.74, 6) is 1.41. The molecule has 0 fully saturated rings. The van der Waals surface area contributed by atoms with Crippen molar-refractivity contribution in [2.24, 2.45) is 4.99 Å². The van der Waals surface area contributed by atoms with Crippen molar-refractivity contribution in [3.8, 4) is 5.75 Å². The number of hydrogen-bond donors (Lipinski definition) is 1. The molecule has 0 saturated carbocycles. The van der Waals surface area contributed by atoms with Crippen molar-refractivity contribution < 1.29 is 9.53 Å². The van der Waals surface area contributed by atoms with Crippen LogP contribution < -0.4 is 10.1 Å². The number of hydrogen-bond acceptors (Lipinski definition) is 3. The number of carbonyl (C=O) groups excluding carboxylic acids is 1. The van der Waals surface area contributed by atoms with Crippen LogP contribution in [0.2, 0.25) is 0 Å². The molecule has 2 aromatic carbocycles. The lowest BCUT2D eigenvalue weighted by molar-refractivity contribution is -0.130. The fourth-order valence-corrected chi connectivity index (χ4v) is 2.79. The van der Waals surface area contributed by atoms with Crippen molar-refractivity contribution in [2.75, 3.05) is 34.8 Å². The van der Waals surface area contributed by atoms with Gasteiger partial charge in [0.05, 0.1) is 0 Å². The maximum atomic E-state index is 11.7. The van der Waals surface area contributed by atoms with Gasteiger partial charge in [-0.25, -0.2) is 0 Å². The third-order valence-electron chi connectivity index (χ3n) is 4.12. The van der Waals surface area contributed by atoms with E-state index in [1.807, 2.05) is 43.4 Å². The first-order chi connectivity index (χ1) is 13.4. The Morgan fingerprint density at radius 1 is 1.11 bits per heavy atom. The Hall–Kier alpha value is -2.54. The second-order valence-corrected chi connectivity index (χ2v) is 7.52. The molecule has 0 aliphatic rings. The fourth-order valence-electron chi connectivity index (χ4n) is 2.52. The molecule has 0 aromatic heterocycles. The summed E-state index contributed by atoms with van der Waals surface area (Å²) in [7, 11) is 7.20. The number of rotatable bonds is 7. The number of aliphatic imine (C=N–C) groups is 1. The van der Waals surface area contributed by atoms with Crippen LogP contribution in [-0.4, -0.2) is 56.5 Å². The molecule has 7 heteroatoms. The number of carbonyl (C=O) groups is 1. The van der Waals surface area contributed by atoms with Gasteiger partial charge in [-0.1, -0.05) is 40.2 Å². The van der Waals surface area contributed by atoms with E-state index in [1.165, 1.54) is 10.5 Å². The molecular formula is C21H27BrN4O2. The first kappa shape index (κ1) is 21.8. The third kappa shape index (κ3) is 6.88. The second kappa shape index (κ2) is 10.7. The van der Waals surface area contributed by atoms with Gasteiger partial charge in [-0.3, -0.25) is 9.79 Å². The number of benzene rings is 2. The van der Waals surface area contributed by atoms with Gasteiger partial charge in [-0.2, -0.15) is 0 Å². The zero-order valence-corrected chi connectivity index (χ0v) is 18.4. The van der Waals surface area contributed by atoms with Gasteiger partial charge in [0.1, 0.15) is 5.75 Å². The van der Waals surface area contributed by atoms with Crippen molar-refractivity contribution in [3.63, 3.8) is 0 Å². The molecule has 0 unspecified atom stereocenters. The first-order valence-corrected chi connectivity index (χ1v) is 9.76. The SMILES string of the molecule is CN=C(NCc1cccc(OCC(=O)N(C)C)c1)N(C)Cc1ccc(Br)cc1. The number of guanidine groups is 1. The molecule has 0 aliphatic heterocycles. The minimum Gasteiger partial charge on any atom is -0.484 e. The third-order valence-corrected chi connectivity index (χ3v) is 4.65. The Balaban J connectivity index is 1.91. The molecule has 0 bridgehead atoms. The molecule has 0 aliphatic carbocycles. The van der Waals surface area contributed by atoms with E-state index < -0.39 is 0 Å². The highest BCUT2D eigenvalue weighted by atomic mass is 79.9. The van der Waals surface area contributed by atoms with Crippen molar-refractivity contribution in [1.82, 2.24) is 15.1 Å². The standard InChI is InChI=1S/C21H27BrN4O2/c1-23-21(26(4)14-16-8-10-18(22)11-9-16)24-13-17-6-5-7-19(12-17)28-15-20(27)25(2)3/h5-12H,13-15H2,1-4H3,(H,23,24). The largest absolute Gasteiger partial charge is 0.484 e. The summed E-state index contributed by atoms with van der Waals surface area (Å²) in [6.07, 6.45) is 0. The average molecular weight is 447 g/mol. The van der Waals surface area contributed by atoms with Crippen LogP contribution in [0.4, 0.5) is 0 Å². The maximum absolute atomic E-state index is 11.7. The molecular weight excluding hydrogens is 420 g/mol. The molecule has 1 amide bonds. The lowest BCUT2D eigenvalue weighted by Gasteiger charge is -2.22. The van der Waals surface area contributed by atoms with Crippen LogP contribution in [-0.2, 0) is 17.9 Å². The molecule has 1 N–H and O–H groups in total. The van der Waals surface area contributed by atoms with Gasteiger partial charge >= 0.3 is 0 Å². The smallest absolute Gasteiger partial charge is 0.259 e. The average Bonchev–Trinajstić information content (AvgIpc) is 2.68. The van der Waals surface area contributed by atoms with Gasteiger partial charge in [-0.15, -0.1) is 0 Å². The van der Waals surface area contributed by atoms with E-state index in [0.717, 1.165) is 22.5 Å². The number of halogens is 1. The lowest BCUT2D eigenvalue weighted by atomic mass is 10.2. The molecule has 2 rings (SSSR count). The monoisotopic (exact) mass is 446 g/mol. The van der Waals surface area contributed by atoms with E-state index in [1.54, 1.807) is 21.1 Å². The Morgan fingerprint density at radius 3 is 2.46 bits per heavy atom. The number of amides is 1. The molecule has 6 nitrogen and oxygen atoms in total. The lowest BCUT2D eigenvalue weighted by Crippen LogP contribution is -2.38. The summed E-state index contributed by atoms with van der Waals surface area (Å²) in [6, 6.07) is 15.9. The number of ether oxygens (including phenoxy) is 1. The van der Waals surface area contributed by atoms with E-state index in [2.05, 4.69) is 43.3 Å². The van der Waals surface area contributed by atoms with Crippen LogP contribution in [0.1, 0.15) is 11.1 Å². The van der Waals surface area contributed by atoms with Gasteiger partial charge in [-0.05, 0) is 35.4 Å². The summed E-state index contributed by atoms with van der Waals surface area (Å²) in [5, 5.41) is 3.36. The molecule has 2 aromatic rings. The minimum absolute atomic E-state index is 0.0292. The Kier molecular flexibility index (Phi) is 8.32. The summed E-state index contributed by atoms with van der Waals surface area (Å²) in [5.41, 5.74) is 2.25. The van der Waals surface area contributed by atoms with Gasteiger partial charge in [0, 0.05) is 45.8 Å². The highest BCUT2D eigenvalue weighted by molar-refractivity contribution is 9.10. The van der Waals surface area contributed by atoms with Crippen LogP contribution in [0, 0.1) is 0 Å². The molecule has 0 radical (unpaired) electrons. The first-order valence-electron chi connectivity index (χ1n) is 8.97. The fraction of sp³-hybridized carbons (Fsp3) is 0.333. The number of nitrogens with one attached hydrogen (secondary N) is 1. The summed E-state index contributed by atoms with van der Waals surface area (Å²) in [6.45, 7) is 1.39.